The van der Waals surface area contributed by atoms with E-state index in [0.29, 0.717) is 12.3 Å². The molecule has 0 aliphatic carbocycles. The van der Waals surface area contributed by atoms with Crippen molar-refractivity contribution in [2.75, 3.05) is 19.7 Å². The van der Waals surface area contributed by atoms with E-state index in [9.17, 15) is 5.21 Å². The van der Waals surface area contributed by atoms with Crippen LogP contribution in [-0.4, -0.2) is 40.8 Å². The number of hydrazine groups is 1. The number of hydrogen-bond acceptors (Lipinski definition) is 4. The highest BCUT2D eigenvalue weighted by Gasteiger charge is 2.21. The molecule has 1 N–H and O–H groups in total. The topological polar surface area (TPSA) is 71.1 Å². The maximum absolute atomic E-state index is 11.3. The Morgan fingerprint density at radius 1 is 1.60 bits per heavy atom. The molecule has 0 aromatic rings. The lowest BCUT2D eigenvalue weighted by molar-refractivity contribution is -0.713. The molecular formula is C8H18ClN3O3. The van der Waals surface area contributed by atoms with Crippen LogP contribution in [0, 0.1) is 11.1 Å². The summed E-state index contributed by atoms with van der Waals surface area (Å²) in [6, 6.07) is -0.453. The number of halogens is 1. The first-order valence-electron chi connectivity index (χ1n) is 4.72. The molecule has 1 atom stereocenters. The van der Waals surface area contributed by atoms with Crippen molar-refractivity contribution >= 4 is 11.6 Å². The van der Waals surface area contributed by atoms with E-state index in [1.54, 1.807) is 0 Å². The van der Waals surface area contributed by atoms with Gasteiger partial charge in [-0.3, -0.25) is 0 Å². The van der Waals surface area contributed by atoms with Gasteiger partial charge >= 0.3 is 0 Å². The fraction of sp³-hybridized carbons (Fsp3) is 1.00. The standard InChI is InChI=1S/C8H18ClN3O3/c1-7(2)4-8(5-13)11(3)12(14)10-15-6-9/h7-8,13H,4-6H2,1-3H3/b12-10-/t8-/m0/s1. The maximum atomic E-state index is 11.3. The molecule has 90 valence electrons. The van der Waals surface area contributed by atoms with Gasteiger partial charge in [0.2, 0.25) is 5.28 Å². The zero-order valence-corrected chi connectivity index (χ0v) is 10.0. The molecular weight excluding hydrogens is 222 g/mol. The number of alkyl halides is 1. The third-order valence-corrected chi connectivity index (χ3v) is 2.03. The van der Waals surface area contributed by atoms with Gasteiger partial charge in [0.1, 0.15) is 6.04 Å². The zero-order valence-electron chi connectivity index (χ0n) is 9.26. The van der Waals surface area contributed by atoms with Crippen LogP contribution in [0.2, 0.25) is 0 Å². The molecule has 0 heterocycles. The average Bonchev–Trinajstić information content (AvgIpc) is 2.21. The van der Waals surface area contributed by atoms with E-state index in [1.807, 2.05) is 13.8 Å². The van der Waals surface area contributed by atoms with E-state index in [-0.39, 0.29) is 23.7 Å². The Labute approximate surface area is 94.6 Å². The summed E-state index contributed by atoms with van der Waals surface area (Å²) in [5.74, 6) is 0.381. The fourth-order valence-corrected chi connectivity index (χ4v) is 1.20. The molecule has 0 amide bonds. The van der Waals surface area contributed by atoms with Crippen molar-refractivity contribution in [1.82, 2.24) is 5.01 Å². The first-order chi connectivity index (χ1) is 7.02. The minimum absolute atomic E-state index is 0.107. The van der Waals surface area contributed by atoms with E-state index in [0.717, 1.165) is 0 Å². The Morgan fingerprint density at radius 2 is 2.20 bits per heavy atom. The summed E-state index contributed by atoms with van der Waals surface area (Å²) in [4.78, 5) is 4.68. The average molecular weight is 240 g/mol. The van der Waals surface area contributed by atoms with Gasteiger partial charge in [-0.25, -0.2) is 0 Å². The smallest absolute Gasteiger partial charge is 0.234 e. The van der Waals surface area contributed by atoms with Gasteiger partial charge in [0.05, 0.1) is 18.6 Å². The maximum Gasteiger partial charge on any atom is 0.234 e. The third kappa shape index (κ3) is 5.64. The molecule has 0 saturated carbocycles. The molecule has 15 heavy (non-hydrogen) atoms. The first kappa shape index (κ1) is 14.2. The zero-order chi connectivity index (χ0) is 11.8. The van der Waals surface area contributed by atoms with Crippen molar-refractivity contribution in [3.8, 4) is 0 Å². The quantitative estimate of drug-likeness (QED) is 0.315. The van der Waals surface area contributed by atoms with Gasteiger partial charge in [-0.15, -0.1) is 5.01 Å². The summed E-state index contributed by atoms with van der Waals surface area (Å²) in [6.07, 6.45) is 0.697. The van der Waals surface area contributed by atoms with Gasteiger partial charge < -0.3 is 15.2 Å². The van der Waals surface area contributed by atoms with Crippen molar-refractivity contribution < 1.29 is 14.9 Å². The van der Waals surface area contributed by atoms with Crippen LogP contribution >= 0.6 is 11.6 Å². The highest BCUT2D eigenvalue weighted by Crippen LogP contribution is 2.10. The largest absolute Gasteiger partial charge is 0.569 e. The number of aliphatic hydroxyl groups excluding tert-OH is 1. The highest BCUT2D eigenvalue weighted by atomic mass is 35.5. The van der Waals surface area contributed by atoms with E-state index >= 15 is 0 Å². The second-order valence-corrected chi connectivity index (χ2v) is 3.83. The summed E-state index contributed by atoms with van der Waals surface area (Å²) >= 11 is 5.20. The van der Waals surface area contributed by atoms with Crippen molar-refractivity contribution in [1.29, 1.82) is 0 Å². The molecule has 0 aromatic carbocycles. The van der Waals surface area contributed by atoms with E-state index in [1.165, 1.54) is 12.1 Å². The van der Waals surface area contributed by atoms with Gasteiger partial charge in [0, 0.05) is 0 Å². The molecule has 0 fully saturated rings. The summed E-state index contributed by atoms with van der Waals surface area (Å²) in [5.41, 5.74) is 0. The number of rotatable bonds is 7. The van der Waals surface area contributed by atoms with E-state index in [2.05, 4.69) is 10.1 Å². The van der Waals surface area contributed by atoms with Crippen LogP contribution in [0.15, 0.2) is 5.28 Å². The minimum atomic E-state index is -0.273. The Hall–Kier alpha value is -0.750. The van der Waals surface area contributed by atoms with Crippen molar-refractivity contribution in [2.45, 2.75) is 26.3 Å². The first-order valence-corrected chi connectivity index (χ1v) is 5.26. The molecule has 0 saturated heterocycles. The molecule has 7 heteroatoms. The van der Waals surface area contributed by atoms with Crippen LogP contribution in [0.3, 0.4) is 0 Å². The molecule has 0 radical (unpaired) electrons. The second kappa shape index (κ2) is 7.53. The number of likely N-dealkylation sites (N-methyl/N-ethyl adjacent to an activating group) is 1. The Kier molecular flexibility index (Phi) is 7.15. The van der Waals surface area contributed by atoms with Gasteiger partial charge in [-0.1, -0.05) is 25.4 Å². The van der Waals surface area contributed by atoms with Crippen LogP contribution < -0.4 is 0 Å². The van der Waals surface area contributed by atoms with Crippen LogP contribution in [0.4, 0.5) is 0 Å². The molecule has 0 unspecified atom stereocenters. The van der Waals surface area contributed by atoms with Crippen LogP contribution in [0.5, 0.6) is 0 Å². The van der Waals surface area contributed by atoms with Crippen LogP contribution in [0.25, 0.3) is 0 Å². The lowest BCUT2D eigenvalue weighted by Gasteiger charge is -2.23. The Bertz CT molecular complexity index is 202. The second-order valence-electron chi connectivity index (χ2n) is 3.61. The number of hydrogen-bond donors (Lipinski definition) is 1. The molecule has 0 bridgehead atoms. The SMILES string of the molecule is CC(C)C[C@@H](CO)N(C)/[N+]([O-])=N/OCCl. The Balaban J connectivity index is 4.29. The number of aliphatic hydroxyl groups is 1. The Morgan fingerprint density at radius 3 is 2.60 bits per heavy atom. The molecule has 6 nitrogen and oxygen atoms in total. The molecule has 0 aliphatic rings. The fourth-order valence-electron chi connectivity index (χ4n) is 1.16. The van der Waals surface area contributed by atoms with E-state index in [4.69, 9.17) is 16.7 Å². The van der Waals surface area contributed by atoms with Gasteiger partial charge in [-0.2, -0.15) is 0 Å². The molecule has 0 rings (SSSR count). The lowest BCUT2D eigenvalue weighted by Crippen LogP contribution is -2.40. The van der Waals surface area contributed by atoms with Crippen molar-refractivity contribution in [2.24, 2.45) is 11.2 Å². The molecule has 0 aliphatic heterocycles. The predicted molar refractivity (Wildman–Crippen MR) is 56.0 cm³/mol. The third-order valence-electron chi connectivity index (χ3n) is 1.93. The van der Waals surface area contributed by atoms with Crippen LogP contribution in [0.1, 0.15) is 20.3 Å². The van der Waals surface area contributed by atoms with Crippen molar-refractivity contribution in [3.63, 3.8) is 0 Å². The minimum Gasteiger partial charge on any atom is -0.569 e. The normalized spacial score (nSPS) is 14.1. The van der Waals surface area contributed by atoms with Crippen LogP contribution in [-0.2, 0) is 4.84 Å². The van der Waals surface area contributed by atoms with E-state index < -0.39 is 0 Å². The summed E-state index contributed by atoms with van der Waals surface area (Å²) in [7, 11) is 1.54. The van der Waals surface area contributed by atoms with Crippen molar-refractivity contribution in [3.05, 3.63) is 5.21 Å². The number of nitrogens with zero attached hydrogens (tertiary/aromatic N) is 3. The lowest BCUT2D eigenvalue weighted by atomic mass is 10.0. The van der Waals surface area contributed by atoms with Gasteiger partial charge in [0.15, 0.2) is 6.07 Å². The molecule has 0 spiro atoms. The van der Waals surface area contributed by atoms with Gasteiger partial charge in [0.25, 0.3) is 0 Å². The highest BCUT2D eigenvalue weighted by molar-refractivity contribution is 6.17. The van der Waals surface area contributed by atoms with Gasteiger partial charge in [-0.05, 0) is 12.3 Å². The summed E-state index contributed by atoms with van der Waals surface area (Å²) in [5, 5.41) is 24.8. The summed E-state index contributed by atoms with van der Waals surface area (Å²) < 4.78 is 0. The predicted octanol–water partition coefficient (Wildman–Crippen LogP) is 1.33. The summed E-state index contributed by atoms with van der Waals surface area (Å²) in [6.45, 7) is 3.92. The molecule has 0 aromatic heterocycles. The monoisotopic (exact) mass is 239 g/mol.